The lowest BCUT2D eigenvalue weighted by Gasteiger charge is -2.10. The van der Waals surface area contributed by atoms with Crippen LogP contribution in [0, 0.1) is 5.92 Å². The van der Waals surface area contributed by atoms with E-state index in [0.717, 1.165) is 18.7 Å². The van der Waals surface area contributed by atoms with Crippen molar-refractivity contribution >= 4 is 10.9 Å². The molecule has 0 saturated heterocycles. The van der Waals surface area contributed by atoms with Crippen molar-refractivity contribution < 1.29 is 4.74 Å². The Hall–Kier alpha value is -2.26. The van der Waals surface area contributed by atoms with Gasteiger partial charge in [0.25, 0.3) is 0 Å². The first-order valence-corrected chi connectivity index (χ1v) is 8.58. The number of hydrogen-bond donors (Lipinski definition) is 1. The van der Waals surface area contributed by atoms with E-state index in [1.807, 2.05) is 12.1 Å². The zero-order valence-electron chi connectivity index (χ0n) is 14.8. The zero-order chi connectivity index (χ0) is 17.1. The van der Waals surface area contributed by atoms with E-state index < -0.39 is 0 Å². The minimum absolute atomic E-state index is 0.604. The van der Waals surface area contributed by atoms with Crippen LogP contribution in [-0.4, -0.2) is 18.2 Å². The molecule has 0 aliphatic carbocycles. The first kappa shape index (κ1) is 16.6. The summed E-state index contributed by atoms with van der Waals surface area (Å²) in [6.45, 7) is 6.20. The molecule has 1 heterocycles. The molecule has 3 nitrogen and oxygen atoms in total. The van der Waals surface area contributed by atoms with Gasteiger partial charge in [-0.1, -0.05) is 38.1 Å². The second kappa shape index (κ2) is 7.10. The SMILES string of the molecule is COc1cccc(-c2ccc3c(CCN)cn(CC(C)C)c3c2)c1. The number of nitrogens with zero attached hydrogens (tertiary/aromatic N) is 1. The molecule has 0 aliphatic rings. The molecule has 0 atom stereocenters. The van der Waals surface area contributed by atoms with Crippen molar-refractivity contribution in [3.05, 3.63) is 54.2 Å². The molecule has 2 N–H and O–H groups in total. The molecular formula is C21H26N2O. The molecule has 24 heavy (non-hydrogen) atoms. The van der Waals surface area contributed by atoms with E-state index in [9.17, 15) is 0 Å². The molecule has 126 valence electrons. The van der Waals surface area contributed by atoms with Gasteiger partial charge in [-0.3, -0.25) is 0 Å². The molecule has 3 aromatic rings. The van der Waals surface area contributed by atoms with Crippen LogP contribution < -0.4 is 10.5 Å². The van der Waals surface area contributed by atoms with Crippen LogP contribution in [0.2, 0.25) is 0 Å². The standard InChI is InChI=1S/C21H26N2O/c1-15(2)13-23-14-18(9-10-22)20-8-7-17(12-21(20)23)16-5-4-6-19(11-16)24-3/h4-8,11-12,14-15H,9-10,13,22H2,1-3H3. The van der Waals surface area contributed by atoms with Crippen LogP contribution in [0.15, 0.2) is 48.7 Å². The largest absolute Gasteiger partial charge is 0.497 e. The third kappa shape index (κ3) is 3.31. The molecule has 0 saturated carbocycles. The van der Waals surface area contributed by atoms with Crippen molar-refractivity contribution in [2.75, 3.05) is 13.7 Å². The van der Waals surface area contributed by atoms with Crippen molar-refractivity contribution in [1.29, 1.82) is 0 Å². The van der Waals surface area contributed by atoms with E-state index in [1.54, 1.807) is 7.11 Å². The number of hydrogen-bond acceptors (Lipinski definition) is 2. The van der Waals surface area contributed by atoms with Crippen molar-refractivity contribution in [3.63, 3.8) is 0 Å². The molecule has 0 bridgehead atoms. The zero-order valence-corrected chi connectivity index (χ0v) is 14.8. The van der Waals surface area contributed by atoms with Gasteiger partial charge in [-0.25, -0.2) is 0 Å². The summed E-state index contributed by atoms with van der Waals surface area (Å²) >= 11 is 0. The molecule has 0 fully saturated rings. The maximum Gasteiger partial charge on any atom is 0.119 e. The van der Waals surface area contributed by atoms with E-state index >= 15 is 0 Å². The Bertz CT molecular complexity index is 833. The lowest BCUT2D eigenvalue weighted by Crippen LogP contribution is -2.04. The highest BCUT2D eigenvalue weighted by molar-refractivity contribution is 5.88. The summed E-state index contributed by atoms with van der Waals surface area (Å²) in [5.41, 5.74) is 10.8. The van der Waals surface area contributed by atoms with Crippen LogP contribution in [0.5, 0.6) is 5.75 Å². The summed E-state index contributed by atoms with van der Waals surface area (Å²) in [6, 6.07) is 14.9. The molecule has 1 aromatic heterocycles. The van der Waals surface area contributed by atoms with Crippen LogP contribution >= 0.6 is 0 Å². The third-order valence-corrected chi connectivity index (χ3v) is 4.34. The van der Waals surface area contributed by atoms with Gasteiger partial charge in [-0.15, -0.1) is 0 Å². The second-order valence-corrected chi connectivity index (χ2v) is 6.70. The number of methoxy groups -OCH3 is 1. The maximum atomic E-state index is 5.79. The predicted octanol–water partition coefficient (Wildman–Crippen LogP) is 4.47. The van der Waals surface area contributed by atoms with Gasteiger partial charge < -0.3 is 15.0 Å². The smallest absolute Gasteiger partial charge is 0.119 e. The number of nitrogens with two attached hydrogens (primary N) is 1. The molecule has 0 radical (unpaired) electrons. The highest BCUT2D eigenvalue weighted by Gasteiger charge is 2.11. The molecule has 3 rings (SSSR count). The summed E-state index contributed by atoms with van der Waals surface area (Å²) in [4.78, 5) is 0. The highest BCUT2D eigenvalue weighted by Crippen LogP contribution is 2.30. The van der Waals surface area contributed by atoms with Gasteiger partial charge >= 0.3 is 0 Å². The first-order valence-electron chi connectivity index (χ1n) is 8.58. The lowest BCUT2D eigenvalue weighted by atomic mass is 10.0. The number of fused-ring (bicyclic) bond motifs is 1. The van der Waals surface area contributed by atoms with Crippen LogP contribution in [0.4, 0.5) is 0 Å². The molecule has 0 spiro atoms. The molecule has 0 unspecified atom stereocenters. The van der Waals surface area contributed by atoms with E-state index in [4.69, 9.17) is 10.5 Å². The number of benzene rings is 2. The van der Waals surface area contributed by atoms with E-state index in [2.05, 4.69) is 54.9 Å². The number of ether oxygens (including phenoxy) is 1. The normalized spacial score (nSPS) is 11.4. The third-order valence-electron chi connectivity index (χ3n) is 4.34. The summed E-state index contributed by atoms with van der Waals surface area (Å²) in [5.74, 6) is 1.49. The Morgan fingerprint density at radius 1 is 1.08 bits per heavy atom. The van der Waals surface area contributed by atoms with Crippen molar-refractivity contribution in [3.8, 4) is 16.9 Å². The summed E-state index contributed by atoms with van der Waals surface area (Å²) < 4.78 is 7.73. The quantitative estimate of drug-likeness (QED) is 0.727. The fraction of sp³-hybridized carbons (Fsp3) is 0.333. The average Bonchev–Trinajstić information content (AvgIpc) is 2.92. The van der Waals surface area contributed by atoms with Crippen LogP contribution in [0.3, 0.4) is 0 Å². The lowest BCUT2D eigenvalue weighted by molar-refractivity contribution is 0.415. The fourth-order valence-electron chi connectivity index (χ4n) is 3.25. The highest BCUT2D eigenvalue weighted by atomic mass is 16.5. The predicted molar refractivity (Wildman–Crippen MR) is 102 cm³/mol. The molecule has 0 amide bonds. The molecule has 3 heteroatoms. The van der Waals surface area contributed by atoms with E-state index in [0.29, 0.717) is 12.5 Å². The van der Waals surface area contributed by atoms with Gasteiger partial charge in [-0.05, 0) is 53.8 Å². The maximum absolute atomic E-state index is 5.79. The van der Waals surface area contributed by atoms with Crippen molar-refractivity contribution in [1.82, 2.24) is 4.57 Å². The first-order chi connectivity index (χ1) is 11.6. The molecular weight excluding hydrogens is 296 g/mol. The average molecular weight is 322 g/mol. The van der Waals surface area contributed by atoms with Crippen LogP contribution in [0.1, 0.15) is 19.4 Å². The molecule has 0 aliphatic heterocycles. The van der Waals surface area contributed by atoms with Crippen molar-refractivity contribution in [2.24, 2.45) is 11.7 Å². The van der Waals surface area contributed by atoms with Gasteiger partial charge in [0.05, 0.1) is 7.11 Å². The van der Waals surface area contributed by atoms with Gasteiger partial charge in [-0.2, -0.15) is 0 Å². The minimum atomic E-state index is 0.604. The van der Waals surface area contributed by atoms with Crippen LogP contribution in [-0.2, 0) is 13.0 Å². The van der Waals surface area contributed by atoms with Gasteiger partial charge in [0.1, 0.15) is 5.75 Å². The van der Waals surface area contributed by atoms with Crippen molar-refractivity contribution in [2.45, 2.75) is 26.8 Å². The monoisotopic (exact) mass is 322 g/mol. The van der Waals surface area contributed by atoms with Crippen LogP contribution in [0.25, 0.3) is 22.0 Å². The Kier molecular flexibility index (Phi) is 4.91. The molecule has 2 aromatic carbocycles. The number of aromatic nitrogens is 1. The summed E-state index contributed by atoms with van der Waals surface area (Å²) in [6.07, 6.45) is 3.19. The Morgan fingerprint density at radius 3 is 2.58 bits per heavy atom. The Labute approximate surface area is 144 Å². The van der Waals surface area contributed by atoms with Gasteiger partial charge in [0.2, 0.25) is 0 Å². The van der Waals surface area contributed by atoms with E-state index in [1.165, 1.54) is 27.6 Å². The Morgan fingerprint density at radius 2 is 1.88 bits per heavy atom. The summed E-state index contributed by atoms with van der Waals surface area (Å²) in [5, 5.41) is 1.31. The van der Waals surface area contributed by atoms with Gasteiger partial charge in [0, 0.05) is 23.6 Å². The summed E-state index contributed by atoms with van der Waals surface area (Å²) in [7, 11) is 1.70. The minimum Gasteiger partial charge on any atom is -0.497 e. The van der Waals surface area contributed by atoms with E-state index in [-0.39, 0.29) is 0 Å². The Balaban J connectivity index is 2.11. The topological polar surface area (TPSA) is 40.2 Å². The second-order valence-electron chi connectivity index (χ2n) is 6.70. The fourth-order valence-corrected chi connectivity index (χ4v) is 3.25. The van der Waals surface area contributed by atoms with Gasteiger partial charge in [0.15, 0.2) is 0 Å². The number of rotatable bonds is 6.